The molecule has 0 aliphatic carbocycles. The summed E-state index contributed by atoms with van der Waals surface area (Å²) in [6.45, 7) is 3.95. The molecule has 0 aliphatic heterocycles. The van der Waals surface area contributed by atoms with Gasteiger partial charge in [0.25, 0.3) is 5.56 Å². The van der Waals surface area contributed by atoms with E-state index in [1.165, 1.54) is 4.68 Å². The Morgan fingerprint density at radius 2 is 1.82 bits per heavy atom. The average molecular weight is 509 g/mol. The van der Waals surface area contributed by atoms with Crippen LogP contribution in [0, 0.1) is 0 Å². The van der Waals surface area contributed by atoms with E-state index in [-0.39, 0.29) is 11.5 Å². The van der Waals surface area contributed by atoms with E-state index in [0.717, 1.165) is 8.95 Å². The predicted molar refractivity (Wildman–Crippen MR) is 118 cm³/mol. The van der Waals surface area contributed by atoms with Crippen molar-refractivity contribution in [2.75, 3.05) is 14.2 Å². The lowest BCUT2D eigenvalue weighted by Crippen LogP contribution is -2.23. The molecule has 28 heavy (non-hydrogen) atoms. The van der Waals surface area contributed by atoms with Gasteiger partial charge in [0.2, 0.25) is 0 Å². The van der Waals surface area contributed by atoms with Crippen molar-refractivity contribution in [3.63, 3.8) is 0 Å². The van der Waals surface area contributed by atoms with Crippen molar-refractivity contribution in [1.29, 1.82) is 0 Å². The van der Waals surface area contributed by atoms with Crippen molar-refractivity contribution < 1.29 is 9.47 Å². The van der Waals surface area contributed by atoms with Gasteiger partial charge in [0.15, 0.2) is 0 Å². The molecule has 8 heteroatoms. The second kappa shape index (κ2) is 8.45. The Kier molecular flexibility index (Phi) is 6.20. The number of rotatable bonds is 5. The lowest BCUT2D eigenvalue weighted by molar-refractivity contribution is 0.392. The summed E-state index contributed by atoms with van der Waals surface area (Å²) in [6, 6.07) is 9.03. The second-order valence-electron chi connectivity index (χ2n) is 6.38. The van der Waals surface area contributed by atoms with Gasteiger partial charge in [0.05, 0.1) is 35.8 Å². The normalized spacial score (nSPS) is 11.5. The summed E-state index contributed by atoms with van der Waals surface area (Å²) in [6.07, 6.45) is 1.59. The molecule has 146 valence electrons. The van der Waals surface area contributed by atoms with Crippen molar-refractivity contribution in [2.24, 2.45) is 5.10 Å². The molecule has 6 nitrogen and oxygen atoms in total. The van der Waals surface area contributed by atoms with Crippen LogP contribution in [0.1, 0.15) is 31.2 Å². The minimum atomic E-state index is -0.224. The fourth-order valence-electron chi connectivity index (χ4n) is 2.76. The molecule has 0 aliphatic rings. The minimum Gasteiger partial charge on any atom is -0.496 e. The standard InChI is InChI=1S/C20H19Br2N3O3/c1-11(2)19-24-16-6-5-13(21)8-14(16)20(26)25(19)23-10-12-7-15(22)18(28-4)9-17(12)27-3/h5-11H,1-4H3. The van der Waals surface area contributed by atoms with Gasteiger partial charge in [0.1, 0.15) is 17.3 Å². The SMILES string of the molecule is COc1cc(OC)c(C=Nn2c(C(C)C)nc3ccc(Br)cc3c2=O)cc1Br. The van der Waals surface area contributed by atoms with Crippen LogP contribution in [0.5, 0.6) is 11.5 Å². The zero-order chi connectivity index (χ0) is 20.4. The molecule has 3 rings (SSSR count). The molecular weight excluding hydrogens is 490 g/mol. The molecule has 0 radical (unpaired) electrons. The van der Waals surface area contributed by atoms with Gasteiger partial charge in [-0.1, -0.05) is 29.8 Å². The summed E-state index contributed by atoms with van der Waals surface area (Å²) >= 11 is 6.87. The van der Waals surface area contributed by atoms with Crippen LogP contribution in [0.4, 0.5) is 0 Å². The highest BCUT2D eigenvalue weighted by atomic mass is 79.9. The number of aromatic nitrogens is 2. The first-order valence-corrected chi connectivity index (χ1v) is 10.1. The topological polar surface area (TPSA) is 65.7 Å². The molecule has 0 N–H and O–H groups in total. The first-order chi connectivity index (χ1) is 13.3. The fraction of sp³-hybridized carbons (Fsp3) is 0.250. The predicted octanol–water partition coefficient (Wildman–Crippen LogP) is 4.94. The van der Waals surface area contributed by atoms with Crippen molar-refractivity contribution in [2.45, 2.75) is 19.8 Å². The molecule has 0 amide bonds. The van der Waals surface area contributed by atoms with Gasteiger partial charge in [-0.2, -0.15) is 9.78 Å². The first-order valence-electron chi connectivity index (χ1n) is 8.53. The zero-order valence-corrected chi connectivity index (χ0v) is 19.0. The van der Waals surface area contributed by atoms with Crippen molar-refractivity contribution in [1.82, 2.24) is 9.66 Å². The Labute approximate surface area is 179 Å². The van der Waals surface area contributed by atoms with Crippen LogP contribution in [0.15, 0.2) is 49.2 Å². The third-order valence-electron chi connectivity index (χ3n) is 4.17. The molecule has 1 heterocycles. The molecule has 0 atom stereocenters. The van der Waals surface area contributed by atoms with Gasteiger partial charge in [-0.25, -0.2) is 4.98 Å². The lowest BCUT2D eigenvalue weighted by Gasteiger charge is -2.13. The van der Waals surface area contributed by atoms with Gasteiger partial charge in [-0.15, -0.1) is 0 Å². The highest BCUT2D eigenvalue weighted by Crippen LogP contribution is 2.32. The fourth-order valence-corrected chi connectivity index (χ4v) is 3.64. The van der Waals surface area contributed by atoms with Crippen LogP contribution in [-0.2, 0) is 0 Å². The Morgan fingerprint density at radius 3 is 2.46 bits per heavy atom. The van der Waals surface area contributed by atoms with Crippen LogP contribution in [0.3, 0.4) is 0 Å². The molecule has 0 saturated carbocycles. The van der Waals surface area contributed by atoms with Gasteiger partial charge < -0.3 is 9.47 Å². The largest absolute Gasteiger partial charge is 0.496 e. The summed E-state index contributed by atoms with van der Waals surface area (Å²) < 4.78 is 13.6. The van der Waals surface area contributed by atoms with Crippen molar-refractivity contribution in [3.05, 3.63) is 61.0 Å². The quantitative estimate of drug-likeness (QED) is 0.457. The third-order valence-corrected chi connectivity index (χ3v) is 5.28. The second-order valence-corrected chi connectivity index (χ2v) is 8.15. The number of benzene rings is 2. The van der Waals surface area contributed by atoms with E-state index in [0.29, 0.717) is 33.8 Å². The molecule has 2 aromatic carbocycles. The Balaban J connectivity index is 2.19. The molecule has 0 saturated heterocycles. The number of fused-ring (bicyclic) bond motifs is 1. The first kappa shape index (κ1) is 20.5. The summed E-state index contributed by atoms with van der Waals surface area (Å²) in [5, 5.41) is 4.94. The van der Waals surface area contributed by atoms with Crippen LogP contribution < -0.4 is 15.0 Å². The third kappa shape index (κ3) is 3.98. The Bertz CT molecular complexity index is 1120. The van der Waals surface area contributed by atoms with Gasteiger partial charge in [-0.05, 0) is 40.2 Å². The van der Waals surface area contributed by atoms with E-state index in [9.17, 15) is 4.79 Å². The van der Waals surface area contributed by atoms with E-state index in [4.69, 9.17) is 9.47 Å². The van der Waals surface area contributed by atoms with Crippen LogP contribution in [0.25, 0.3) is 10.9 Å². The average Bonchev–Trinajstić information content (AvgIpc) is 2.67. The summed E-state index contributed by atoms with van der Waals surface area (Å²) in [4.78, 5) is 17.7. The molecule has 0 fully saturated rings. The van der Waals surface area contributed by atoms with E-state index in [1.807, 2.05) is 32.0 Å². The molecule has 0 spiro atoms. The Hall–Kier alpha value is -2.19. The highest BCUT2D eigenvalue weighted by Gasteiger charge is 2.14. The highest BCUT2D eigenvalue weighted by molar-refractivity contribution is 9.10. The maximum absolute atomic E-state index is 13.1. The number of hydrogen-bond acceptors (Lipinski definition) is 5. The Morgan fingerprint density at radius 1 is 1.11 bits per heavy atom. The van der Waals surface area contributed by atoms with Gasteiger partial charge >= 0.3 is 0 Å². The van der Waals surface area contributed by atoms with Crippen LogP contribution in [0.2, 0.25) is 0 Å². The molecule has 0 unspecified atom stereocenters. The number of halogens is 2. The van der Waals surface area contributed by atoms with Crippen molar-refractivity contribution >= 4 is 49.0 Å². The summed E-state index contributed by atoms with van der Waals surface area (Å²) in [5.41, 5.74) is 1.12. The maximum atomic E-state index is 13.1. The van der Waals surface area contributed by atoms with E-state index < -0.39 is 0 Å². The molecule has 1 aromatic heterocycles. The molecule has 0 bridgehead atoms. The molecule has 3 aromatic rings. The number of methoxy groups -OCH3 is 2. The van der Waals surface area contributed by atoms with E-state index >= 15 is 0 Å². The molecular formula is C20H19Br2N3O3. The van der Waals surface area contributed by atoms with E-state index in [1.54, 1.807) is 32.6 Å². The number of hydrogen-bond donors (Lipinski definition) is 0. The van der Waals surface area contributed by atoms with Gasteiger partial charge in [-0.3, -0.25) is 4.79 Å². The number of ether oxygens (including phenoxy) is 2. The van der Waals surface area contributed by atoms with Crippen LogP contribution >= 0.6 is 31.9 Å². The smallest absolute Gasteiger partial charge is 0.282 e. The van der Waals surface area contributed by atoms with Crippen LogP contribution in [-0.4, -0.2) is 30.1 Å². The number of nitrogens with zero attached hydrogens (tertiary/aromatic N) is 3. The summed E-state index contributed by atoms with van der Waals surface area (Å²) in [5.74, 6) is 1.83. The summed E-state index contributed by atoms with van der Waals surface area (Å²) in [7, 11) is 3.15. The monoisotopic (exact) mass is 507 g/mol. The minimum absolute atomic E-state index is 0.0161. The maximum Gasteiger partial charge on any atom is 0.282 e. The van der Waals surface area contributed by atoms with Gasteiger partial charge in [0, 0.05) is 22.0 Å². The lowest BCUT2D eigenvalue weighted by atomic mass is 10.2. The van der Waals surface area contributed by atoms with E-state index in [2.05, 4.69) is 41.9 Å². The van der Waals surface area contributed by atoms with Crippen molar-refractivity contribution in [3.8, 4) is 11.5 Å². The zero-order valence-electron chi connectivity index (χ0n) is 15.9.